The number of nitrogens with zero attached hydrogens (tertiary/aromatic N) is 2. The Hall–Kier alpha value is -1.53. The normalized spacial score (nSPS) is 14.5. The van der Waals surface area contributed by atoms with Crippen molar-refractivity contribution in [3.05, 3.63) is 47.8 Å². The van der Waals surface area contributed by atoms with Crippen LogP contribution in [0, 0.1) is 11.6 Å². The SMILES string of the molecule is Fc1ccc(Sc2ncc(CNC3CC3)cn2)c(F)c1. The van der Waals surface area contributed by atoms with Gasteiger partial charge in [0, 0.05) is 36.6 Å². The van der Waals surface area contributed by atoms with Crippen LogP contribution in [0.4, 0.5) is 8.78 Å². The molecule has 1 aromatic heterocycles. The summed E-state index contributed by atoms with van der Waals surface area (Å²) in [4.78, 5) is 8.69. The average Bonchev–Trinajstić information content (AvgIpc) is 3.25. The number of hydrogen-bond donors (Lipinski definition) is 1. The maximum atomic E-state index is 13.5. The highest BCUT2D eigenvalue weighted by atomic mass is 32.2. The zero-order valence-corrected chi connectivity index (χ0v) is 11.5. The van der Waals surface area contributed by atoms with Crippen LogP contribution in [0.15, 0.2) is 40.6 Å². The predicted octanol–water partition coefficient (Wildman–Crippen LogP) is 3.16. The molecule has 0 atom stereocenters. The Morgan fingerprint density at radius 1 is 1.20 bits per heavy atom. The molecule has 3 nitrogen and oxygen atoms in total. The molecule has 0 radical (unpaired) electrons. The second kappa shape index (κ2) is 5.85. The van der Waals surface area contributed by atoms with Gasteiger partial charge in [0.25, 0.3) is 0 Å². The number of nitrogens with one attached hydrogen (secondary N) is 1. The summed E-state index contributed by atoms with van der Waals surface area (Å²) in [7, 11) is 0. The number of rotatable bonds is 5. The van der Waals surface area contributed by atoms with Crippen molar-refractivity contribution < 1.29 is 8.78 Å². The lowest BCUT2D eigenvalue weighted by molar-refractivity contribution is 0.565. The van der Waals surface area contributed by atoms with Crippen molar-refractivity contribution in [1.82, 2.24) is 15.3 Å². The molecular weight excluding hydrogens is 280 g/mol. The van der Waals surface area contributed by atoms with Gasteiger partial charge in [-0.2, -0.15) is 0 Å². The zero-order valence-electron chi connectivity index (χ0n) is 10.6. The van der Waals surface area contributed by atoms with Gasteiger partial charge < -0.3 is 5.32 Å². The third kappa shape index (κ3) is 3.52. The van der Waals surface area contributed by atoms with E-state index in [-0.39, 0.29) is 0 Å². The summed E-state index contributed by atoms with van der Waals surface area (Å²) < 4.78 is 26.3. The molecule has 0 unspecified atom stereocenters. The topological polar surface area (TPSA) is 37.8 Å². The summed E-state index contributed by atoms with van der Waals surface area (Å²) in [6.45, 7) is 0.751. The predicted molar refractivity (Wildman–Crippen MR) is 72.4 cm³/mol. The quantitative estimate of drug-likeness (QED) is 0.859. The highest BCUT2D eigenvalue weighted by Crippen LogP contribution is 2.27. The smallest absolute Gasteiger partial charge is 0.192 e. The van der Waals surface area contributed by atoms with Gasteiger partial charge in [-0.1, -0.05) is 0 Å². The lowest BCUT2D eigenvalue weighted by Gasteiger charge is -2.04. The van der Waals surface area contributed by atoms with Crippen LogP contribution in [0.2, 0.25) is 0 Å². The number of halogens is 2. The largest absolute Gasteiger partial charge is 0.310 e. The highest BCUT2D eigenvalue weighted by molar-refractivity contribution is 7.99. The first-order chi connectivity index (χ1) is 9.70. The van der Waals surface area contributed by atoms with Gasteiger partial charge in [0.2, 0.25) is 0 Å². The fourth-order valence-electron chi connectivity index (χ4n) is 1.69. The molecule has 1 heterocycles. The lowest BCUT2D eigenvalue weighted by atomic mass is 10.3. The fraction of sp³-hybridized carbons (Fsp3) is 0.286. The molecule has 0 amide bonds. The summed E-state index contributed by atoms with van der Waals surface area (Å²) in [5, 5.41) is 3.82. The van der Waals surface area contributed by atoms with Crippen LogP contribution in [-0.2, 0) is 6.54 Å². The average molecular weight is 293 g/mol. The van der Waals surface area contributed by atoms with Gasteiger partial charge in [-0.15, -0.1) is 0 Å². The molecule has 0 saturated heterocycles. The van der Waals surface area contributed by atoms with Crippen LogP contribution in [-0.4, -0.2) is 16.0 Å². The molecule has 1 aromatic carbocycles. The molecule has 0 aliphatic heterocycles. The second-order valence-electron chi connectivity index (χ2n) is 4.71. The summed E-state index contributed by atoms with van der Waals surface area (Å²) >= 11 is 1.08. The van der Waals surface area contributed by atoms with Crippen molar-refractivity contribution in [2.24, 2.45) is 0 Å². The van der Waals surface area contributed by atoms with Crippen LogP contribution in [0.1, 0.15) is 18.4 Å². The van der Waals surface area contributed by atoms with Crippen molar-refractivity contribution >= 4 is 11.8 Å². The van der Waals surface area contributed by atoms with E-state index in [1.54, 1.807) is 12.4 Å². The minimum Gasteiger partial charge on any atom is -0.310 e. The van der Waals surface area contributed by atoms with Crippen LogP contribution in [0.25, 0.3) is 0 Å². The van der Waals surface area contributed by atoms with E-state index in [4.69, 9.17) is 0 Å². The van der Waals surface area contributed by atoms with Gasteiger partial charge in [0.15, 0.2) is 5.16 Å². The van der Waals surface area contributed by atoms with Gasteiger partial charge in [-0.25, -0.2) is 18.7 Å². The van der Waals surface area contributed by atoms with E-state index in [0.717, 1.165) is 29.9 Å². The summed E-state index contributed by atoms with van der Waals surface area (Å²) in [6.07, 6.45) is 5.93. The lowest BCUT2D eigenvalue weighted by Crippen LogP contribution is -2.15. The van der Waals surface area contributed by atoms with E-state index in [0.29, 0.717) is 16.1 Å². The van der Waals surface area contributed by atoms with Crippen molar-refractivity contribution in [2.45, 2.75) is 35.5 Å². The minimum atomic E-state index is -0.599. The molecule has 1 saturated carbocycles. The molecule has 104 valence electrons. The van der Waals surface area contributed by atoms with Crippen molar-refractivity contribution in [1.29, 1.82) is 0 Å². The molecule has 1 fully saturated rings. The molecule has 1 aliphatic rings. The summed E-state index contributed by atoms with van der Waals surface area (Å²) in [5.41, 5.74) is 1.00. The van der Waals surface area contributed by atoms with E-state index in [1.165, 1.54) is 25.0 Å². The Bertz CT molecular complexity index is 600. The number of benzene rings is 1. The third-order valence-electron chi connectivity index (χ3n) is 2.95. The first-order valence-electron chi connectivity index (χ1n) is 6.38. The molecule has 6 heteroatoms. The van der Waals surface area contributed by atoms with Gasteiger partial charge in [0.05, 0.1) is 4.90 Å². The first kappa shape index (κ1) is 13.5. The Labute approximate surface area is 119 Å². The van der Waals surface area contributed by atoms with Gasteiger partial charge >= 0.3 is 0 Å². The van der Waals surface area contributed by atoms with Crippen molar-refractivity contribution in [3.63, 3.8) is 0 Å². The highest BCUT2D eigenvalue weighted by Gasteiger charge is 2.20. The van der Waals surface area contributed by atoms with E-state index in [1.807, 2.05) is 0 Å². The van der Waals surface area contributed by atoms with Gasteiger partial charge in [-0.3, -0.25) is 0 Å². The maximum absolute atomic E-state index is 13.5. The Kier molecular flexibility index (Phi) is 3.93. The molecule has 20 heavy (non-hydrogen) atoms. The van der Waals surface area contributed by atoms with Crippen LogP contribution >= 0.6 is 11.8 Å². The molecule has 1 aliphatic carbocycles. The van der Waals surface area contributed by atoms with E-state index in [2.05, 4.69) is 15.3 Å². The number of hydrogen-bond acceptors (Lipinski definition) is 4. The van der Waals surface area contributed by atoms with E-state index >= 15 is 0 Å². The van der Waals surface area contributed by atoms with E-state index < -0.39 is 11.6 Å². The zero-order chi connectivity index (χ0) is 13.9. The second-order valence-corrected chi connectivity index (χ2v) is 5.71. The Balaban J connectivity index is 1.64. The third-order valence-corrected chi connectivity index (χ3v) is 3.89. The molecule has 3 rings (SSSR count). The van der Waals surface area contributed by atoms with Gasteiger partial charge in [0.1, 0.15) is 11.6 Å². The molecular formula is C14H13F2N3S. The van der Waals surface area contributed by atoms with Gasteiger partial charge in [-0.05, 0) is 36.7 Å². The monoisotopic (exact) mass is 293 g/mol. The fourth-order valence-corrected chi connectivity index (χ4v) is 2.39. The molecule has 0 spiro atoms. The van der Waals surface area contributed by atoms with Crippen molar-refractivity contribution in [3.8, 4) is 0 Å². The van der Waals surface area contributed by atoms with Crippen LogP contribution in [0.5, 0.6) is 0 Å². The first-order valence-corrected chi connectivity index (χ1v) is 7.19. The summed E-state index contributed by atoms with van der Waals surface area (Å²) in [6, 6.07) is 4.11. The Morgan fingerprint density at radius 2 is 1.95 bits per heavy atom. The maximum Gasteiger partial charge on any atom is 0.192 e. The van der Waals surface area contributed by atoms with Crippen molar-refractivity contribution in [2.75, 3.05) is 0 Å². The molecule has 2 aromatic rings. The van der Waals surface area contributed by atoms with Crippen LogP contribution < -0.4 is 5.32 Å². The standard InChI is InChI=1S/C14H13F2N3S/c15-10-1-4-13(12(16)5-10)20-14-18-7-9(8-19-14)6-17-11-2-3-11/h1,4-5,7-8,11,17H,2-3,6H2. The van der Waals surface area contributed by atoms with Crippen LogP contribution in [0.3, 0.4) is 0 Å². The number of aromatic nitrogens is 2. The summed E-state index contributed by atoms with van der Waals surface area (Å²) in [5.74, 6) is -1.19. The Morgan fingerprint density at radius 3 is 2.60 bits per heavy atom. The molecule has 1 N–H and O–H groups in total. The molecule has 0 bridgehead atoms. The minimum absolute atomic E-state index is 0.315. The van der Waals surface area contributed by atoms with E-state index in [9.17, 15) is 8.78 Å².